The summed E-state index contributed by atoms with van der Waals surface area (Å²) in [6.07, 6.45) is 1.58. The van der Waals surface area contributed by atoms with Gasteiger partial charge in [0.25, 0.3) is 0 Å². The summed E-state index contributed by atoms with van der Waals surface area (Å²) in [4.78, 5) is 4.20. The standard InChI is InChI=1S/C11H13BrN4/c1-2-16-11(14-8-15-16)7-13-10-5-3-4-9(12)6-10/h3-6,8,13H,2,7H2,1H3. The van der Waals surface area contributed by atoms with E-state index in [9.17, 15) is 0 Å². The Morgan fingerprint density at radius 3 is 3.06 bits per heavy atom. The van der Waals surface area contributed by atoms with Crippen LogP contribution in [0.4, 0.5) is 5.69 Å². The monoisotopic (exact) mass is 280 g/mol. The third-order valence-corrected chi connectivity index (χ3v) is 2.76. The molecule has 2 aromatic rings. The second-order valence-electron chi connectivity index (χ2n) is 3.36. The van der Waals surface area contributed by atoms with Crippen molar-refractivity contribution >= 4 is 21.6 Å². The minimum Gasteiger partial charge on any atom is -0.378 e. The van der Waals surface area contributed by atoms with Gasteiger partial charge in [-0.25, -0.2) is 9.67 Å². The van der Waals surface area contributed by atoms with Gasteiger partial charge in [-0.15, -0.1) is 0 Å². The number of nitrogens with zero attached hydrogens (tertiary/aromatic N) is 3. The molecule has 1 aromatic heterocycles. The van der Waals surface area contributed by atoms with E-state index in [-0.39, 0.29) is 0 Å². The molecule has 1 heterocycles. The van der Waals surface area contributed by atoms with Crippen molar-refractivity contribution in [3.05, 3.63) is 40.9 Å². The Hall–Kier alpha value is -1.36. The van der Waals surface area contributed by atoms with E-state index in [1.54, 1.807) is 6.33 Å². The number of hydrogen-bond donors (Lipinski definition) is 1. The second kappa shape index (κ2) is 5.12. The van der Waals surface area contributed by atoms with Crippen LogP contribution in [0.15, 0.2) is 35.1 Å². The molecule has 2 rings (SSSR count). The summed E-state index contributed by atoms with van der Waals surface area (Å²) < 4.78 is 2.94. The summed E-state index contributed by atoms with van der Waals surface area (Å²) in [5.41, 5.74) is 1.07. The van der Waals surface area contributed by atoms with Crippen LogP contribution in [-0.4, -0.2) is 14.8 Å². The van der Waals surface area contributed by atoms with E-state index in [2.05, 4.69) is 38.3 Å². The molecule has 0 fully saturated rings. The Labute approximate surface area is 103 Å². The topological polar surface area (TPSA) is 42.7 Å². The van der Waals surface area contributed by atoms with Gasteiger partial charge in [0, 0.05) is 16.7 Å². The molecule has 16 heavy (non-hydrogen) atoms. The number of benzene rings is 1. The predicted octanol–water partition coefficient (Wildman–Crippen LogP) is 2.67. The van der Waals surface area contributed by atoms with Gasteiger partial charge in [-0.3, -0.25) is 0 Å². The van der Waals surface area contributed by atoms with Gasteiger partial charge < -0.3 is 5.32 Å². The van der Waals surface area contributed by atoms with Crippen molar-refractivity contribution in [3.63, 3.8) is 0 Å². The summed E-state index contributed by atoms with van der Waals surface area (Å²) in [5.74, 6) is 0.947. The molecule has 0 unspecified atom stereocenters. The highest BCUT2D eigenvalue weighted by Gasteiger charge is 2.01. The van der Waals surface area contributed by atoms with Crippen molar-refractivity contribution in [1.29, 1.82) is 0 Å². The van der Waals surface area contributed by atoms with Crippen LogP contribution in [-0.2, 0) is 13.1 Å². The zero-order chi connectivity index (χ0) is 11.4. The Morgan fingerprint density at radius 2 is 2.31 bits per heavy atom. The number of nitrogens with one attached hydrogen (secondary N) is 1. The molecular weight excluding hydrogens is 268 g/mol. The van der Waals surface area contributed by atoms with E-state index >= 15 is 0 Å². The number of rotatable bonds is 4. The molecule has 1 aromatic carbocycles. The molecule has 0 saturated carbocycles. The third-order valence-electron chi connectivity index (χ3n) is 2.27. The Morgan fingerprint density at radius 1 is 1.44 bits per heavy atom. The minimum atomic E-state index is 0.685. The maximum absolute atomic E-state index is 4.20. The molecule has 0 spiro atoms. The number of halogens is 1. The molecule has 0 amide bonds. The van der Waals surface area contributed by atoms with Crippen molar-refractivity contribution < 1.29 is 0 Å². The summed E-state index contributed by atoms with van der Waals surface area (Å²) in [6, 6.07) is 8.06. The predicted molar refractivity (Wildman–Crippen MR) is 67.2 cm³/mol. The van der Waals surface area contributed by atoms with Crippen LogP contribution in [0.1, 0.15) is 12.7 Å². The van der Waals surface area contributed by atoms with E-state index < -0.39 is 0 Å². The molecule has 5 heteroatoms. The number of aryl methyl sites for hydroxylation is 1. The lowest BCUT2D eigenvalue weighted by molar-refractivity contribution is 0.622. The van der Waals surface area contributed by atoms with Crippen LogP contribution in [0, 0.1) is 0 Å². The smallest absolute Gasteiger partial charge is 0.146 e. The SMILES string of the molecule is CCn1ncnc1CNc1cccc(Br)c1. The second-order valence-corrected chi connectivity index (χ2v) is 4.27. The summed E-state index contributed by atoms with van der Waals surface area (Å²) in [6.45, 7) is 3.58. The van der Waals surface area contributed by atoms with Gasteiger partial charge in [0.2, 0.25) is 0 Å². The van der Waals surface area contributed by atoms with Crippen LogP contribution >= 0.6 is 15.9 Å². The fraction of sp³-hybridized carbons (Fsp3) is 0.273. The van der Waals surface area contributed by atoms with Gasteiger partial charge in [0.15, 0.2) is 0 Å². The maximum Gasteiger partial charge on any atom is 0.146 e. The molecule has 1 N–H and O–H groups in total. The molecule has 0 aliphatic heterocycles. The van der Waals surface area contributed by atoms with Crippen LogP contribution in [0.3, 0.4) is 0 Å². The Bertz CT molecular complexity index is 467. The molecule has 4 nitrogen and oxygen atoms in total. The molecule has 0 saturated heterocycles. The quantitative estimate of drug-likeness (QED) is 0.937. The highest BCUT2D eigenvalue weighted by atomic mass is 79.9. The fourth-order valence-corrected chi connectivity index (χ4v) is 1.87. The van der Waals surface area contributed by atoms with Crippen molar-refractivity contribution in [1.82, 2.24) is 14.8 Å². The number of hydrogen-bond acceptors (Lipinski definition) is 3. The average molecular weight is 281 g/mol. The average Bonchev–Trinajstić information content (AvgIpc) is 2.74. The zero-order valence-electron chi connectivity index (χ0n) is 9.02. The first kappa shape index (κ1) is 11.1. The van der Waals surface area contributed by atoms with Gasteiger partial charge in [0.1, 0.15) is 12.2 Å². The van der Waals surface area contributed by atoms with Crippen molar-refractivity contribution in [2.75, 3.05) is 5.32 Å². The highest BCUT2D eigenvalue weighted by Crippen LogP contribution is 2.16. The Kier molecular flexibility index (Phi) is 3.56. The first-order chi connectivity index (χ1) is 7.79. The molecule has 0 radical (unpaired) electrons. The largest absolute Gasteiger partial charge is 0.378 e. The molecule has 0 bridgehead atoms. The fourth-order valence-electron chi connectivity index (χ4n) is 1.47. The number of anilines is 1. The highest BCUT2D eigenvalue weighted by molar-refractivity contribution is 9.10. The van der Waals surface area contributed by atoms with Crippen LogP contribution < -0.4 is 5.32 Å². The lowest BCUT2D eigenvalue weighted by Gasteiger charge is -2.06. The van der Waals surface area contributed by atoms with E-state index in [0.717, 1.165) is 22.5 Å². The summed E-state index contributed by atoms with van der Waals surface area (Å²) >= 11 is 3.44. The van der Waals surface area contributed by atoms with Crippen LogP contribution in [0.2, 0.25) is 0 Å². The van der Waals surface area contributed by atoms with Crippen molar-refractivity contribution in [2.24, 2.45) is 0 Å². The van der Waals surface area contributed by atoms with E-state index in [0.29, 0.717) is 6.54 Å². The van der Waals surface area contributed by atoms with E-state index in [1.165, 1.54) is 0 Å². The minimum absolute atomic E-state index is 0.685. The summed E-state index contributed by atoms with van der Waals surface area (Å²) in [5, 5.41) is 7.43. The summed E-state index contributed by atoms with van der Waals surface area (Å²) in [7, 11) is 0. The normalized spacial score (nSPS) is 10.4. The molecule has 0 atom stereocenters. The zero-order valence-corrected chi connectivity index (χ0v) is 10.6. The van der Waals surface area contributed by atoms with Crippen molar-refractivity contribution in [3.8, 4) is 0 Å². The first-order valence-corrected chi connectivity index (χ1v) is 5.95. The van der Waals surface area contributed by atoms with E-state index in [1.807, 2.05) is 28.9 Å². The van der Waals surface area contributed by atoms with Crippen LogP contribution in [0.25, 0.3) is 0 Å². The Balaban J connectivity index is 2.02. The molecule has 84 valence electrons. The van der Waals surface area contributed by atoms with Crippen LogP contribution in [0.5, 0.6) is 0 Å². The van der Waals surface area contributed by atoms with Gasteiger partial charge in [-0.05, 0) is 25.1 Å². The van der Waals surface area contributed by atoms with Gasteiger partial charge in [-0.2, -0.15) is 5.10 Å². The maximum atomic E-state index is 4.20. The van der Waals surface area contributed by atoms with E-state index in [4.69, 9.17) is 0 Å². The van der Waals surface area contributed by atoms with Gasteiger partial charge in [-0.1, -0.05) is 22.0 Å². The third kappa shape index (κ3) is 2.61. The van der Waals surface area contributed by atoms with Crippen molar-refractivity contribution in [2.45, 2.75) is 20.0 Å². The van der Waals surface area contributed by atoms with Gasteiger partial charge in [0.05, 0.1) is 6.54 Å². The van der Waals surface area contributed by atoms with Gasteiger partial charge >= 0.3 is 0 Å². The molecular formula is C11H13BrN4. The lowest BCUT2D eigenvalue weighted by atomic mass is 10.3. The lowest BCUT2D eigenvalue weighted by Crippen LogP contribution is -2.08. The molecule has 0 aliphatic carbocycles. The first-order valence-electron chi connectivity index (χ1n) is 5.15. The molecule has 0 aliphatic rings. The number of aromatic nitrogens is 3.